The molecule has 0 aromatic heterocycles. The van der Waals surface area contributed by atoms with Crippen molar-refractivity contribution in [2.24, 2.45) is 0 Å². The average molecular weight is 418 g/mol. The second-order valence-corrected chi connectivity index (χ2v) is 8.59. The summed E-state index contributed by atoms with van der Waals surface area (Å²) in [6, 6.07) is 7.41. The summed E-state index contributed by atoms with van der Waals surface area (Å²) >= 11 is 0. The standard InChI is InChI=1S/C23H35N3O4/c1-16-13-25(14-17(2)30-16)15-20-6-5-11-26(20)23(28)12-22(24-18(3)27)19-7-9-21(29-4)10-8-19/h7-10,16-17,20,22H,5-6,11-15H2,1-4H3,(H,24,27). The molecular weight excluding hydrogens is 382 g/mol. The van der Waals surface area contributed by atoms with Crippen LogP contribution in [-0.4, -0.2) is 73.2 Å². The lowest BCUT2D eigenvalue weighted by Gasteiger charge is -2.38. The van der Waals surface area contributed by atoms with E-state index >= 15 is 0 Å². The Morgan fingerprint density at radius 1 is 1.20 bits per heavy atom. The van der Waals surface area contributed by atoms with Crippen molar-refractivity contribution in [3.8, 4) is 5.75 Å². The highest BCUT2D eigenvalue weighted by Gasteiger charge is 2.33. The zero-order valence-corrected chi connectivity index (χ0v) is 18.6. The van der Waals surface area contributed by atoms with Gasteiger partial charge in [-0.3, -0.25) is 14.5 Å². The lowest BCUT2D eigenvalue weighted by Crippen LogP contribution is -2.51. The first-order chi connectivity index (χ1) is 14.4. The summed E-state index contributed by atoms with van der Waals surface area (Å²) < 4.78 is 11.1. The number of hydrogen-bond acceptors (Lipinski definition) is 5. The van der Waals surface area contributed by atoms with Gasteiger partial charge in [-0.2, -0.15) is 0 Å². The van der Waals surface area contributed by atoms with E-state index in [1.807, 2.05) is 29.2 Å². The summed E-state index contributed by atoms with van der Waals surface area (Å²) in [6.45, 7) is 9.18. The molecule has 30 heavy (non-hydrogen) atoms. The monoisotopic (exact) mass is 417 g/mol. The van der Waals surface area contributed by atoms with Crippen molar-refractivity contribution in [2.75, 3.05) is 33.3 Å². The van der Waals surface area contributed by atoms with Crippen LogP contribution in [0.15, 0.2) is 24.3 Å². The van der Waals surface area contributed by atoms with Crippen LogP contribution in [-0.2, 0) is 14.3 Å². The largest absolute Gasteiger partial charge is 0.497 e. The van der Waals surface area contributed by atoms with Gasteiger partial charge < -0.3 is 19.7 Å². The van der Waals surface area contributed by atoms with Gasteiger partial charge in [0.25, 0.3) is 0 Å². The topological polar surface area (TPSA) is 71.1 Å². The van der Waals surface area contributed by atoms with Gasteiger partial charge in [0, 0.05) is 39.1 Å². The maximum atomic E-state index is 13.2. The summed E-state index contributed by atoms with van der Waals surface area (Å²) in [6.07, 6.45) is 2.76. The highest BCUT2D eigenvalue weighted by Crippen LogP contribution is 2.25. The van der Waals surface area contributed by atoms with E-state index in [1.165, 1.54) is 6.92 Å². The number of rotatable bonds is 7. The molecule has 0 spiro atoms. The number of methoxy groups -OCH3 is 1. The maximum absolute atomic E-state index is 13.2. The Bertz CT molecular complexity index is 714. The van der Waals surface area contributed by atoms with Crippen molar-refractivity contribution in [1.29, 1.82) is 0 Å². The van der Waals surface area contributed by atoms with Gasteiger partial charge in [-0.1, -0.05) is 12.1 Å². The molecule has 2 saturated heterocycles. The predicted octanol–water partition coefficient (Wildman–Crippen LogP) is 2.36. The minimum atomic E-state index is -0.342. The Kier molecular flexibility index (Phi) is 7.72. The summed E-state index contributed by atoms with van der Waals surface area (Å²) in [7, 11) is 1.62. The molecule has 3 rings (SSSR count). The number of morpholine rings is 1. The summed E-state index contributed by atoms with van der Waals surface area (Å²) in [4.78, 5) is 29.4. The molecule has 0 radical (unpaired) electrons. The number of nitrogens with zero attached hydrogens (tertiary/aromatic N) is 2. The first kappa shape index (κ1) is 22.6. The minimum absolute atomic E-state index is 0.0985. The molecule has 2 aliphatic rings. The summed E-state index contributed by atoms with van der Waals surface area (Å²) in [5, 5.41) is 2.94. The van der Waals surface area contributed by atoms with Gasteiger partial charge in [0.05, 0.1) is 31.8 Å². The van der Waals surface area contributed by atoms with Crippen molar-refractivity contribution < 1.29 is 19.1 Å². The predicted molar refractivity (Wildman–Crippen MR) is 115 cm³/mol. The van der Waals surface area contributed by atoms with Gasteiger partial charge in [0.1, 0.15) is 5.75 Å². The van der Waals surface area contributed by atoms with Crippen LogP contribution in [0.4, 0.5) is 0 Å². The number of amides is 2. The number of ether oxygens (including phenoxy) is 2. The van der Waals surface area contributed by atoms with E-state index in [2.05, 4.69) is 24.1 Å². The molecular formula is C23H35N3O4. The van der Waals surface area contributed by atoms with Gasteiger partial charge in [-0.25, -0.2) is 0 Å². The highest BCUT2D eigenvalue weighted by atomic mass is 16.5. The molecule has 1 aromatic carbocycles. The Hall–Kier alpha value is -2.12. The number of benzene rings is 1. The molecule has 1 N–H and O–H groups in total. The van der Waals surface area contributed by atoms with Crippen molar-refractivity contribution in [2.45, 2.75) is 64.3 Å². The van der Waals surface area contributed by atoms with Gasteiger partial charge in [-0.05, 0) is 44.4 Å². The first-order valence-corrected chi connectivity index (χ1v) is 10.9. The fourth-order valence-electron chi connectivity index (χ4n) is 4.71. The van der Waals surface area contributed by atoms with E-state index in [1.54, 1.807) is 7.11 Å². The van der Waals surface area contributed by atoms with Crippen molar-refractivity contribution >= 4 is 11.8 Å². The first-order valence-electron chi connectivity index (χ1n) is 10.9. The zero-order chi connectivity index (χ0) is 21.7. The molecule has 7 heteroatoms. The van der Waals surface area contributed by atoms with E-state index in [4.69, 9.17) is 9.47 Å². The number of nitrogens with one attached hydrogen (secondary N) is 1. The number of hydrogen-bond donors (Lipinski definition) is 1. The van der Waals surface area contributed by atoms with Gasteiger partial charge in [-0.15, -0.1) is 0 Å². The molecule has 1 aromatic rings. The van der Waals surface area contributed by atoms with Crippen molar-refractivity contribution in [1.82, 2.24) is 15.1 Å². The zero-order valence-electron chi connectivity index (χ0n) is 18.6. The number of likely N-dealkylation sites (tertiary alicyclic amines) is 1. The van der Waals surface area contributed by atoms with Crippen LogP contribution in [0.25, 0.3) is 0 Å². The van der Waals surface area contributed by atoms with Crippen LogP contribution < -0.4 is 10.1 Å². The SMILES string of the molecule is COc1ccc(C(CC(=O)N2CCCC2CN2CC(C)OC(C)C2)NC(C)=O)cc1. The molecule has 2 heterocycles. The Balaban J connectivity index is 1.65. The molecule has 2 fully saturated rings. The Labute approximate surface area is 179 Å². The molecule has 2 aliphatic heterocycles. The molecule has 4 atom stereocenters. The lowest BCUT2D eigenvalue weighted by atomic mass is 10.0. The van der Waals surface area contributed by atoms with Gasteiger partial charge in [0.15, 0.2) is 0 Å². The fraction of sp³-hybridized carbons (Fsp3) is 0.652. The third-order valence-corrected chi connectivity index (χ3v) is 5.94. The van der Waals surface area contributed by atoms with Crippen LogP contribution >= 0.6 is 0 Å². The second kappa shape index (κ2) is 10.3. The molecule has 4 unspecified atom stereocenters. The fourth-order valence-corrected chi connectivity index (χ4v) is 4.71. The van der Waals surface area contributed by atoms with E-state index in [-0.39, 0.29) is 42.5 Å². The maximum Gasteiger partial charge on any atom is 0.225 e. The Morgan fingerprint density at radius 3 is 2.47 bits per heavy atom. The van der Waals surface area contributed by atoms with Crippen molar-refractivity contribution in [3.63, 3.8) is 0 Å². The number of carbonyl (C=O) groups excluding carboxylic acids is 2. The van der Waals surface area contributed by atoms with E-state index in [0.717, 1.165) is 50.3 Å². The van der Waals surface area contributed by atoms with Crippen LogP contribution in [0, 0.1) is 0 Å². The highest BCUT2D eigenvalue weighted by molar-refractivity contribution is 5.79. The summed E-state index contributed by atoms with van der Waals surface area (Å²) in [5.74, 6) is 0.708. The molecule has 2 amide bonds. The van der Waals surface area contributed by atoms with Crippen LogP contribution in [0.3, 0.4) is 0 Å². The second-order valence-electron chi connectivity index (χ2n) is 8.59. The van der Waals surface area contributed by atoms with Crippen LogP contribution in [0.5, 0.6) is 5.75 Å². The molecule has 7 nitrogen and oxygen atoms in total. The Morgan fingerprint density at radius 2 is 1.87 bits per heavy atom. The van der Waals surface area contributed by atoms with E-state index in [9.17, 15) is 9.59 Å². The lowest BCUT2D eigenvalue weighted by molar-refractivity contribution is -0.133. The quantitative estimate of drug-likeness (QED) is 0.738. The molecule has 166 valence electrons. The number of carbonyl (C=O) groups is 2. The van der Waals surface area contributed by atoms with Gasteiger partial charge >= 0.3 is 0 Å². The van der Waals surface area contributed by atoms with E-state index < -0.39 is 0 Å². The molecule has 0 aliphatic carbocycles. The normalized spacial score (nSPS) is 25.7. The van der Waals surface area contributed by atoms with Crippen LogP contribution in [0.1, 0.15) is 51.6 Å². The summed E-state index contributed by atoms with van der Waals surface area (Å²) in [5.41, 5.74) is 0.908. The third-order valence-electron chi connectivity index (χ3n) is 5.94. The smallest absolute Gasteiger partial charge is 0.225 e. The van der Waals surface area contributed by atoms with E-state index in [0.29, 0.717) is 0 Å². The molecule has 0 bridgehead atoms. The minimum Gasteiger partial charge on any atom is -0.497 e. The third kappa shape index (κ3) is 5.95. The van der Waals surface area contributed by atoms with Gasteiger partial charge in [0.2, 0.25) is 11.8 Å². The van der Waals surface area contributed by atoms with Crippen LogP contribution in [0.2, 0.25) is 0 Å². The molecule has 0 saturated carbocycles. The van der Waals surface area contributed by atoms with Crippen molar-refractivity contribution in [3.05, 3.63) is 29.8 Å². The average Bonchev–Trinajstić information content (AvgIpc) is 3.14.